The lowest BCUT2D eigenvalue weighted by atomic mass is 10.2. The van der Waals surface area contributed by atoms with Crippen LogP contribution in [0.25, 0.3) is 11.5 Å². The third-order valence-electron chi connectivity index (χ3n) is 7.03. The minimum atomic E-state index is 0.536. The quantitative estimate of drug-likeness (QED) is 0.394. The Morgan fingerprint density at radius 2 is 1.82 bits per heavy atom. The van der Waals surface area contributed by atoms with Gasteiger partial charge >= 0.3 is 0 Å². The molecule has 5 heterocycles. The van der Waals surface area contributed by atoms with Crippen molar-refractivity contribution in [1.82, 2.24) is 24.8 Å². The first-order chi connectivity index (χ1) is 19.1. The molecule has 2 aliphatic heterocycles. The maximum atomic E-state index is 5.87. The van der Waals surface area contributed by atoms with Gasteiger partial charge in [-0.05, 0) is 44.3 Å². The SMILES string of the molecule is COc1cc(Nc2cc(N3CCOc4cnc(-c5cccc(C)n5)nc43)ccn2)ccc1N1CCN(C)CC1. The van der Waals surface area contributed by atoms with Crippen molar-refractivity contribution in [2.75, 3.05) is 68.6 Å². The van der Waals surface area contributed by atoms with Gasteiger partial charge in [0.15, 0.2) is 17.4 Å². The second kappa shape index (κ2) is 10.7. The highest BCUT2D eigenvalue weighted by Gasteiger charge is 2.24. The Bertz CT molecular complexity index is 1470. The third-order valence-corrected chi connectivity index (χ3v) is 7.03. The number of ether oxygens (including phenoxy) is 2. The second-order valence-electron chi connectivity index (χ2n) is 9.75. The highest BCUT2D eigenvalue weighted by Crippen LogP contribution is 2.37. The molecule has 10 nitrogen and oxygen atoms in total. The maximum Gasteiger partial charge on any atom is 0.180 e. The second-order valence-corrected chi connectivity index (χ2v) is 9.75. The van der Waals surface area contributed by atoms with Gasteiger partial charge in [-0.2, -0.15) is 0 Å². The average molecular weight is 525 g/mol. The van der Waals surface area contributed by atoms with E-state index >= 15 is 0 Å². The van der Waals surface area contributed by atoms with Crippen LogP contribution in [0.5, 0.6) is 11.5 Å². The van der Waals surface area contributed by atoms with Crippen molar-refractivity contribution in [1.29, 1.82) is 0 Å². The predicted molar refractivity (Wildman–Crippen MR) is 153 cm³/mol. The van der Waals surface area contributed by atoms with Crippen molar-refractivity contribution < 1.29 is 9.47 Å². The smallest absolute Gasteiger partial charge is 0.180 e. The normalized spacial score (nSPS) is 15.5. The first kappa shape index (κ1) is 24.9. The lowest BCUT2D eigenvalue weighted by Crippen LogP contribution is -2.44. The van der Waals surface area contributed by atoms with Gasteiger partial charge < -0.3 is 29.5 Å². The molecule has 6 rings (SSSR count). The van der Waals surface area contributed by atoms with Crippen LogP contribution < -0.4 is 24.6 Å². The number of nitrogens with one attached hydrogen (secondary N) is 1. The molecular weight excluding hydrogens is 492 g/mol. The highest BCUT2D eigenvalue weighted by molar-refractivity contribution is 5.73. The first-order valence-corrected chi connectivity index (χ1v) is 13.1. The number of rotatable bonds is 6. The topological polar surface area (TPSA) is 91.8 Å². The number of nitrogens with zero attached hydrogens (tertiary/aromatic N) is 7. The molecule has 0 bridgehead atoms. The summed E-state index contributed by atoms with van der Waals surface area (Å²) in [5, 5.41) is 3.44. The molecule has 2 aliphatic rings. The van der Waals surface area contributed by atoms with Gasteiger partial charge in [0.1, 0.15) is 23.9 Å². The van der Waals surface area contributed by atoms with Gasteiger partial charge in [0.25, 0.3) is 0 Å². The minimum absolute atomic E-state index is 0.536. The largest absolute Gasteiger partial charge is 0.495 e. The number of piperazine rings is 1. The number of benzene rings is 1. The van der Waals surface area contributed by atoms with Crippen molar-refractivity contribution in [2.45, 2.75) is 6.92 Å². The van der Waals surface area contributed by atoms with Gasteiger partial charge in [-0.15, -0.1) is 0 Å². The van der Waals surface area contributed by atoms with Crippen LogP contribution in [0.3, 0.4) is 0 Å². The average Bonchev–Trinajstić information content (AvgIpc) is 2.97. The monoisotopic (exact) mass is 524 g/mol. The number of likely N-dealkylation sites (N-methyl/N-ethyl adjacent to an activating group) is 1. The summed E-state index contributed by atoms with van der Waals surface area (Å²) in [5.74, 6) is 3.49. The van der Waals surface area contributed by atoms with Gasteiger partial charge in [-0.3, -0.25) is 0 Å². The van der Waals surface area contributed by atoms with Gasteiger partial charge in [0.2, 0.25) is 0 Å². The molecule has 0 spiro atoms. The number of fused-ring (bicyclic) bond motifs is 1. The molecular formula is C29H32N8O2. The van der Waals surface area contributed by atoms with Crippen LogP contribution in [0.15, 0.2) is 60.9 Å². The Labute approximate surface area is 228 Å². The molecule has 3 aromatic heterocycles. The molecule has 1 N–H and O–H groups in total. The Balaban J connectivity index is 1.25. The zero-order valence-electron chi connectivity index (χ0n) is 22.5. The van der Waals surface area contributed by atoms with Crippen LogP contribution in [0, 0.1) is 6.92 Å². The summed E-state index contributed by atoms with van der Waals surface area (Å²) in [6.07, 6.45) is 3.52. The highest BCUT2D eigenvalue weighted by atomic mass is 16.5. The molecule has 1 saturated heterocycles. The number of anilines is 5. The first-order valence-electron chi connectivity index (χ1n) is 13.1. The van der Waals surface area contributed by atoms with E-state index in [0.29, 0.717) is 30.5 Å². The van der Waals surface area contributed by atoms with Crippen LogP contribution >= 0.6 is 0 Å². The molecule has 0 aliphatic carbocycles. The van der Waals surface area contributed by atoms with E-state index in [0.717, 1.165) is 66.2 Å². The van der Waals surface area contributed by atoms with Crippen LogP contribution in [0.2, 0.25) is 0 Å². The van der Waals surface area contributed by atoms with E-state index in [1.807, 2.05) is 43.3 Å². The Morgan fingerprint density at radius 1 is 0.949 bits per heavy atom. The van der Waals surface area contributed by atoms with Crippen molar-refractivity contribution in [3.05, 3.63) is 66.6 Å². The molecule has 0 unspecified atom stereocenters. The minimum Gasteiger partial charge on any atom is -0.495 e. The van der Waals surface area contributed by atoms with Crippen LogP contribution in [-0.2, 0) is 0 Å². The summed E-state index contributed by atoms with van der Waals surface area (Å²) < 4.78 is 11.6. The van der Waals surface area contributed by atoms with E-state index in [1.165, 1.54) is 0 Å². The van der Waals surface area contributed by atoms with Crippen molar-refractivity contribution in [3.63, 3.8) is 0 Å². The van der Waals surface area contributed by atoms with Crippen LogP contribution in [0.1, 0.15) is 5.69 Å². The molecule has 1 aromatic carbocycles. The zero-order valence-corrected chi connectivity index (χ0v) is 22.5. The summed E-state index contributed by atoms with van der Waals surface area (Å²) in [6.45, 7) is 7.19. The number of pyridine rings is 2. The molecule has 0 atom stereocenters. The molecule has 39 heavy (non-hydrogen) atoms. The van der Waals surface area contributed by atoms with E-state index in [9.17, 15) is 0 Å². The lowest BCUT2D eigenvalue weighted by Gasteiger charge is -2.34. The Morgan fingerprint density at radius 3 is 2.64 bits per heavy atom. The summed E-state index contributed by atoms with van der Waals surface area (Å²) >= 11 is 0. The van der Waals surface area contributed by atoms with Crippen molar-refractivity contribution in [2.24, 2.45) is 0 Å². The van der Waals surface area contributed by atoms with Gasteiger partial charge in [0, 0.05) is 61.6 Å². The molecule has 200 valence electrons. The molecule has 4 aromatic rings. The molecule has 0 amide bonds. The fraction of sp³-hybridized carbons (Fsp3) is 0.310. The van der Waals surface area contributed by atoms with Gasteiger partial charge in [-0.25, -0.2) is 19.9 Å². The number of methoxy groups -OCH3 is 1. The van der Waals surface area contributed by atoms with Gasteiger partial charge in [0.05, 0.1) is 25.5 Å². The van der Waals surface area contributed by atoms with E-state index in [1.54, 1.807) is 19.5 Å². The summed E-state index contributed by atoms with van der Waals surface area (Å²) in [7, 11) is 3.88. The summed E-state index contributed by atoms with van der Waals surface area (Å²) in [6, 6.07) is 16.0. The van der Waals surface area contributed by atoms with Crippen molar-refractivity contribution >= 4 is 28.7 Å². The molecule has 10 heteroatoms. The van der Waals surface area contributed by atoms with E-state index < -0.39 is 0 Å². The number of hydrogen-bond acceptors (Lipinski definition) is 10. The lowest BCUT2D eigenvalue weighted by molar-refractivity contribution is 0.310. The summed E-state index contributed by atoms with van der Waals surface area (Å²) in [4.78, 5) is 25.3. The Kier molecular flexibility index (Phi) is 6.85. The third kappa shape index (κ3) is 5.28. The van der Waals surface area contributed by atoms with E-state index in [4.69, 9.17) is 14.5 Å². The molecule has 0 radical (unpaired) electrons. The van der Waals surface area contributed by atoms with Crippen LogP contribution in [0.4, 0.5) is 28.7 Å². The van der Waals surface area contributed by atoms with E-state index in [-0.39, 0.29) is 0 Å². The maximum absolute atomic E-state index is 5.87. The number of aromatic nitrogens is 4. The van der Waals surface area contributed by atoms with Crippen LogP contribution in [-0.4, -0.2) is 78.3 Å². The van der Waals surface area contributed by atoms with E-state index in [2.05, 4.69) is 54.1 Å². The van der Waals surface area contributed by atoms with Gasteiger partial charge in [-0.1, -0.05) is 6.07 Å². The fourth-order valence-electron chi connectivity index (χ4n) is 4.92. The summed E-state index contributed by atoms with van der Waals surface area (Å²) in [5.41, 5.74) is 4.63. The Hall–Kier alpha value is -4.44. The zero-order chi connectivity index (χ0) is 26.8. The predicted octanol–water partition coefficient (Wildman–Crippen LogP) is 4.28. The van der Waals surface area contributed by atoms with Crippen molar-refractivity contribution in [3.8, 4) is 23.0 Å². The standard InChI is InChI=1S/C29H32N8O2/c1-20-5-4-6-23(32-20)28-31-19-26-29(34-28)37(15-16-39-26)22-9-10-30-27(18-22)33-21-7-8-24(25(17-21)38-3)36-13-11-35(2)12-14-36/h4-10,17-19H,11-16H2,1-3H3,(H,30,33). The number of aryl methyl sites for hydroxylation is 1. The fourth-order valence-corrected chi connectivity index (χ4v) is 4.92. The number of hydrogen-bond donors (Lipinski definition) is 1. The molecule has 0 saturated carbocycles. The molecule has 1 fully saturated rings.